The van der Waals surface area contributed by atoms with E-state index in [9.17, 15) is 5.11 Å². The fourth-order valence-electron chi connectivity index (χ4n) is 2.06. The van der Waals surface area contributed by atoms with Crippen molar-refractivity contribution < 1.29 is 5.11 Å². The lowest BCUT2D eigenvalue weighted by atomic mass is 10.0. The summed E-state index contributed by atoms with van der Waals surface area (Å²) in [6.45, 7) is 4.96. The first kappa shape index (κ1) is 12.8. The average molecular weight is 244 g/mol. The van der Waals surface area contributed by atoms with Gasteiger partial charge in [-0.3, -0.25) is 4.68 Å². The van der Waals surface area contributed by atoms with Crippen LogP contribution < -0.4 is 0 Å². The molecular weight excluding hydrogens is 224 g/mol. The van der Waals surface area contributed by atoms with Crippen molar-refractivity contribution in [2.75, 3.05) is 0 Å². The van der Waals surface area contributed by atoms with E-state index >= 15 is 0 Å². The summed E-state index contributed by atoms with van der Waals surface area (Å²) in [5, 5.41) is 14.3. The summed E-state index contributed by atoms with van der Waals surface area (Å²) in [6.07, 6.45) is 4.87. The van der Waals surface area contributed by atoms with Crippen LogP contribution in [0.5, 0.6) is 0 Å². The smallest absolute Gasteiger partial charge is 0.0823 e. The first-order valence-corrected chi connectivity index (χ1v) is 6.45. The molecule has 1 atom stereocenters. The highest BCUT2D eigenvalue weighted by molar-refractivity contribution is 5.22. The second-order valence-corrected chi connectivity index (χ2v) is 4.67. The molecule has 0 fully saturated rings. The molecule has 1 heterocycles. The summed E-state index contributed by atoms with van der Waals surface area (Å²) >= 11 is 0. The summed E-state index contributed by atoms with van der Waals surface area (Å²) < 4.78 is 1.84. The van der Waals surface area contributed by atoms with Gasteiger partial charge >= 0.3 is 0 Å². The zero-order valence-electron chi connectivity index (χ0n) is 11.0. The van der Waals surface area contributed by atoms with Gasteiger partial charge in [0.1, 0.15) is 0 Å². The van der Waals surface area contributed by atoms with Crippen LogP contribution in [0, 0.1) is 6.92 Å². The summed E-state index contributed by atoms with van der Waals surface area (Å²) in [7, 11) is 0. The third kappa shape index (κ3) is 3.20. The minimum absolute atomic E-state index is 0.425. The van der Waals surface area contributed by atoms with Gasteiger partial charge in [0.15, 0.2) is 0 Å². The van der Waals surface area contributed by atoms with Gasteiger partial charge in [0.05, 0.1) is 12.3 Å². The predicted molar refractivity (Wildman–Crippen MR) is 72.4 cm³/mol. The Morgan fingerprint density at radius 3 is 2.89 bits per heavy atom. The van der Waals surface area contributed by atoms with Crippen LogP contribution in [0.4, 0.5) is 0 Å². The monoisotopic (exact) mass is 244 g/mol. The van der Waals surface area contributed by atoms with Crippen LogP contribution in [0.15, 0.2) is 36.7 Å². The van der Waals surface area contributed by atoms with E-state index in [1.165, 1.54) is 11.1 Å². The number of hydrogen-bond acceptors (Lipinski definition) is 2. The van der Waals surface area contributed by atoms with Crippen molar-refractivity contribution >= 4 is 0 Å². The summed E-state index contributed by atoms with van der Waals surface area (Å²) in [6, 6.07) is 8.43. The minimum Gasteiger partial charge on any atom is -0.388 e. The fourth-order valence-corrected chi connectivity index (χ4v) is 2.06. The molecule has 0 radical (unpaired) electrons. The molecule has 2 aromatic rings. The average Bonchev–Trinajstić information content (AvgIpc) is 2.85. The molecule has 0 amide bonds. The highest BCUT2D eigenvalue weighted by Gasteiger charge is 2.09. The first-order chi connectivity index (χ1) is 8.69. The number of aliphatic hydroxyl groups is 1. The molecule has 0 aliphatic carbocycles. The Labute approximate surface area is 108 Å². The number of aromatic nitrogens is 2. The Hall–Kier alpha value is -1.61. The Morgan fingerprint density at radius 2 is 2.22 bits per heavy atom. The van der Waals surface area contributed by atoms with Gasteiger partial charge in [-0.2, -0.15) is 5.10 Å². The van der Waals surface area contributed by atoms with E-state index < -0.39 is 6.10 Å². The number of rotatable bonds is 5. The summed E-state index contributed by atoms with van der Waals surface area (Å²) in [5.74, 6) is 0. The normalized spacial score (nSPS) is 12.6. The lowest BCUT2D eigenvalue weighted by Gasteiger charge is -2.08. The van der Waals surface area contributed by atoms with Gasteiger partial charge < -0.3 is 5.11 Å². The van der Waals surface area contributed by atoms with E-state index in [1.807, 2.05) is 17.8 Å². The van der Waals surface area contributed by atoms with E-state index in [0.29, 0.717) is 0 Å². The SMILES string of the molecule is CCn1cc(C(O)CCc2cccc(C)c2)cn1. The van der Waals surface area contributed by atoms with Crippen LogP contribution in [-0.4, -0.2) is 14.9 Å². The van der Waals surface area contributed by atoms with Crippen molar-refractivity contribution in [1.29, 1.82) is 0 Å². The molecule has 3 heteroatoms. The topological polar surface area (TPSA) is 38.0 Å². The minimum atomic E-state index is -0.425. The third-order valence-corrected chi connectivity index (χ3v) is 3.15. The fraction of sp³-hybridized carbons (Fsp3) is 0.400. The van der Waals surface area contributed by atoms with Crippen LogP contribution in [0.2, 0.25) is 0 Å². The van der Waals surface area contributed by atoms with E-state index in [-0.39, 0.29) is 0 Å². The molecule has 0 saturated heterocycles. The number of aliphatic hydroxyl groups excluding tert-OH is 1. The van der Waals surface area contributed by atoms with Gasteiger partial charge in [0.25, 0.3) is 0 Å². The second kappa shape index (κ2) is 5.83. The largest absolute Gasteiger partial charge is 0.388 e. The quantitative estimate of drug-likeness (QED) is 0.878. The molecule has 1 aromatic heterocycles. The van der Waals surface area contributed by atoms with Crippen LogP contribution in [0.3, 0.4) is 0 Å². The van der Waals surface area contributed by atoms with E-state index in [4.69, 9.17) is 0 Å². The molecular formula is C15H20N2O. The predicted octanol–water partition coefficient (Wildman–Crippen LogP) is 2.88. The van der Waals surface area contributed by atoms with Crippen LogP contribution in [0.1, 0.15) is 36.1 Å². The van der Waals surface area contributed by atoms with Crippen molar-refractivity contribution in [3.05, 3.63) is 53.3 Å². The van der Waals surface area contributed by atoms with Crippen LogP contribution in [-0.2, 0) is 13.0 Å². The molecule has 0 aliphatic heterocycles. The Bertz CT molecular complexity index is 505. The van der Waals surface area contributed by atoms with E-state index in [1.54, 1.807) is 6.20 Å². The highest BCUT2D eigenvalue weighted by Crippen LogP contribution is 2.18. The zero-order chi connectivity index (χ0) is 13.0. The van der Waals surface area contributed by atoms with Crippen molar-refractivity contribution in [3.63, 3.8) is 0 Å². The molecule has 1 unspecified atom stereocenters. The maximum absolute atomic E-state index is 10.1. The number of hydrogen-bond donors (Lipinski definition) is 1. The molecule has 96 valence electrons. The van der Waals surface area contributed by atoms with Gasteiger partial charge in [-0.25, -0.2) is 0 Å². The molecule has 1 aromatic carbocycles. The summed E-state index contributed by atoms with van der Waals surface area (Å²) in [5.41, 5.74) is 3.45. The van der Waals surface area contributed by atoms with Crippen molar-refractivity contribution in [1.82, 2.24) is 9.78 Å². The van der Waals surface area contributed by atoms with Crippen LogP contribution in [0.25, 0.3) is 0 Å². The van der Waals surface area contributed by atoms with Gasteiger partial charge in [-0.1, -0.05) is 29.8 Å². The second-order valence-electron chi connectivity index (χ2n) is 4.67. The van der Waals surface area contributed by atoms with E-state index in [0.717, 1.165) is 24.9 Å². The summed E-state index contributed by atoms with van der Waals surface area (Å²) in [4.78, 5) is 0. The molecule has 0 spiro atoms. The zero-order valence-corrected chi connectivity index (χ0v) is 11.0. The molecule has 3 nitrogen and oxygen atoms in total. The maximum atomic E-state index is 10.1. The van der Waals surface area contributed by atoms with Crippen LogP contribution >= 0.6 is 0 Å². The van der Waals surface area contributed by atoms with Gasteiger partial charge in [-0.05, 0) is 32.3 Å². The van der Waals surface area contributed by atoms with Crippen molar-refractivity contribution in [3.8, 4) is 0 Å². The van der Waals surface area contributed by atoms with Crippen molar-refractivity contribution in [2.45, 2.75) is 39.3 Å². The van der Waals surface area contributed by atoms with Gasteiger partial charge in [-0.15, -0.1) is 0 Å². The lowest BCUT2D eigenvalue weighted by Crippen LogP contribution is -1.99. The molecule has 0 bridgehead atoms. The molecule has 2 rings (SSSR count). The molecule has 1 N–H and O–H groups in total. The molecule has 18 heavy (non-hydrogen) atoms. The first-order valence-electron chi connectivity index (χ1n) is 6.45. The number of benzene rings is 1. The molecule has 0 aliphatic rings. The van der Waals surface area contributed by atoms with E-state index in [2.05, 4.69) is 36.3 Å². The number of nitrogens with zero attached hydrogens (tertiary/aromatic N) is 2. The maximum Gasteiger partial charge on any atom is 0.0823 e. The van der Waals surface area contributed by atoms with Gasteiger partial charge in [0.2, 0.25) is 0 Å². The Kier molecular flexibility index (Phi) is 4.15. The lowest BCUT2D eigenvalue weighted by molar-refractivity contribution is 0.167. The third-order valence-electron chi connectivity index (χ3n) is 3.15. The molecule has 0 saturated carbocycles. The Morgan fingerprint density at radius 1 is 1.39 bits per heavy atom. The Balaban J connectivity index is 1.93. The van der Waals surface area contributed by atoms with Gasteiger partial charge in [0, 0.05) is 18.3 Å². The highest BCUT2D eigenvalue weighted by atomic mass is 16.3. The standard InChI is InChI=1S/C15H20N2O/c1-3-17-11-14(10-16-17)15(18)8-7-13-6-4-5-12(2)9-13/h4-6,9-11,15,18H,3,7-8H2,1-2H3. The number of aryl methyl sites for hydroxylation is 3. The van der Waals surface area contributed by atoms with Crippen molar-refractivity contribution in [2.24, 2.45) is 0 Å².